The Morgan fingerprint density at radius 3 is 2.59 bits per heavy atom. The molecule has 3 heterocycles. The zero-order valence-electron chi connectivity index (χ0n) is 15.2. The number of aromatic nitrogens is 3. The van der Waals surface area contributed by atoms with Crippen LogP contribution in [0.15, 0.2) is 24.3 Å². The smallest absolute Gasteiger partial charge is 0.326 e. The second kappa shape index (κ2) is 7.02. The van der Waals surface area contributed by atoms with Crippen LogP contribution in [0.2, 0.25) is 0 Å². The first kappa shape index (κ1) is 17.5. The first-order valence-electron chi connectivity index (χ1n) is 9.19. The van der Waals surface area contributed by atoms with Gasteiger partial charge < -0.3 is 19.3 Å². The largest absolute Gasteiger partial charge is 0.496 e. The number of aryl methyl sites for hydroxylation is 1. The molecule has 0 radical (unpaired) electrons. The second-order valence-electron chi connectivity index (χ2n) is 7.00. The Kier molecular flexibility index (Phi) is 4.55. The molecule has 1 N–H and O–H groups in total. The first-order chi connectivity index (χ1) is 13.1. The van der Waals surface area contributed by atoms with Crippen LogP contribution >= 0.6 is 0 Å². The van der Waals surface area contributed by atoms with Crippen LogP contribution in [-0.4, -0.2) is 56.8 Å². The van der Waals surface area contributed by atoms with Gasteiger partial charge >= 0.3 is 5.97 Å². The van der Waals surface area contributed by atoms with Crippen molar-refractivity contribution >= 4 is 11.9 Å². The van der Waals surface area contributed by atoms with Crippen molar-refractivity contribution in [3.8, 4) is 5.75 Å². The summed E-state index contributed by atoms with van der Waals surface area (Å²) in [7, 11) is 1.56. The van der Waals surface area contributed by atoms with Gasteiger partial charge in [-0.2, -0.15) is 0 Å². The highest BCUT2D eigenvalue weighted by Gasteiger charge is 2.36. The number of piperidine rings is 1. The molecule has 0 spiro atoms. The summed E-state index contributed by atoms with van der Waals surface area (Å²) in [5, 5.41) is 17.9. The summed E-state index contributed by atoms with van der Waals surface area (Å²) in [4.78, 5) is 26.2. The molecule has 8 nitrogen and oxygen atoms in total. The van der Waals surface area contributed by atoms with E-state index in [1.807, 2.05) is 17.0 Å². The molecule has 4 rings (SSSR count). The quantitative estimate of drug-likeness (QED) is 0.882. The zero-order chi connectivity index (χ0) is 19.0. The molecule has 0 saturated carbocycles. The SMILES string of the molecule is COc1ccccc1C(=O)N1CCC(c2nnc3n2C(C(=O)O)CC3)CC1. The predicted molar refractivity (Wildman–Crippen MR) is 95.9 cm³/mol. The molecule has 0 bridgehead atoms. The van der Waals surface area contributed by atoms with Crippen LogP contribution in [0.25, 0.3) is 0 Å². The molecular formula is C19H22N4O4. The highest BCUT2D eigenvalue weighted by molar-refractivity contribution is 5.97. The van der Waals surface area contributed by atoms with Gasteiger partial charge in [0.1, 0.15) is 23.4 Å². The van der Waals surface area contributed by atoms with Gasteiger partial charge in [0.25, 0.3) is 5.91 Å². The fourth-order valence-corrected chi connectivity index (χ4v) is 4.09. The number of benzene rings is 1. The maximum absolute atomic E-state index is 12.8. The molecule has 1 saturated heterocycles. The lowest BCUT2D eigenvalue weighted by Gasteiger charge is -2.32. The third-order valence-corrected chi connectivity index (χ3v) is 5.52. The van der Waals surface area contributed by atoms with Crippen molar-refractivity contribution < 1.29 is 19.4 Å². The molecule has 1 unspecified atom stereocenters. The van der Waals surface area contributed by atoms with Gasteiger partial charge in [-0.25, -0.2) is 4.79 Å². The van der Waals surface area contributed by atoms with E-state index in [0.29, 0.717) is 37.2 Å². The minimum Gasteiger partial charge on any atom is -0.496 e. The molecule has 1 fully saturated rings. The summed E-state index contributed by atoms with van der Waals surface area (Å²) >= 11 is 0. The monoisotopic (exact) mass is 370 g/mol. The molecule has 1 atom stereocenters. The van der Waals surface area contributed by atoms with E-state index in [9.17, 15) is 14.7 Å². The molecule has 2 aliphatic heterocycles. The van der Waals surface area contributed by atoms with Gasteiger partial charge in [-0.1, -0.05) is 12.1 Å². The van der Waals surface area contributed by atoms with Crippen LogP contribution in [0.4, 0.5) is 0 Å². The number of amides is 1. The normalized spacial score (nSPS) is 19.7. The summed E-state index contributed by atoms with van der Waals surface area (Å²) in [5.41, 5.74) is 0.563. The molecule has 1 aromatic heterocycles. The Morgan fingerprint density at radius 1 is 1.15 bits per heavy atom. The number of nitrogens with zero attached hydrogens (tertiary/aromatic N) is 4. The number of hydrogen-bond acceptors (Lipinski definition) is 5. The Balaban J connectivity index is 1.48. The van der Waals surface area contributed by atoms with Crippen molar-refractivity contribution in [1.82, 2.24) is 19.7 Å². The molecule has 1 amide bonds. The summed E-state index contributed by atoms with van der Waals surface area (Å²) < 4.78 is 7.09. The lowest BCUT2D eigenvalue weighted by molar-refractivity contribution is -0.140. The fourth-order valence-electron chi connectivity index (χ4n) is 4.09. The number of carboxylic acid groups (broad SMARTS) is 1. The van der Waals surface area contributed by atoms with Crippen molar-refractivity contribution in [3.05, 3.63) is 41.5 Å². The van der Waals surface area contributed by atoms with E-state index in [0.717, 1.165) is 24.5 Å². The van der Waals surface area contributed by atoms with Crippen LogP contribution in [0.1, 0.15) is 53.2 Å². The Morgan fingerprint density at radius 2 is 1.89 bits per heavy atom. The Bertz CT molecular complexity index is 870. The Hall–Kier alpha value is -2.90. The standard InChI is InChI=1S/C19H22N4O4/c1-27-15-5-3-2-4-13(15)18(24)22-10-8-12(9-11-22)17-21-20-16-7-6-14(19(25)26)23(16)17/h2-5,12,14H,6-11H2,1H3,(H,25,26). The molecule has 0 aliphatic carbocycles. The third-order valence-electron chi connectivity index (χ3n) is 5.52. The summed E-state index contributed by atoms with van der Waals surface area (Å²) in [5.74, 6) is 1.32. The minimum atomic E-state index is -0.835. The number of methoxy groups -OCH3 is 1. The van der Waals surface area contributed by atoms with Crippen LogP contribution in [0, 0.1) is 0 Å². The molecule has 8 heteroatoms. The number of carboxylic acids is 1. The number of carbonyl (C=O) groups excluding carboxylic acids is 1. The number of hydrogen-bond donors (Lipinski definition) is 1. The molecule has 2 aliphatic rings. The van der Waals surface area contributed by atoms with Crippen molar-refractivity contribution in [1.29, 1.82) is 0 Å². The average molecular weight is 370 g/mol. The van der Waals surface area contributed by atoms with Crippen LogP contribution in [-0.2, 0) is 11.2 Å². The number of aliphatic carboxylic acids is 1. The number of ether oxygens (including phenoxy) is 1. The van der Waals surface area contributed by atoms with Crippen LogP contribution in [0.5, 0.6) is 5.75 Å². The second-order valence-corrected chi connectivity index (χ2v) is 7.00. The average Bonchev–Trinajstić information content (AvgIpc) is 3.29. The highest BCUT2D eigenvalue weighted by Crippen LogP contribution is 2.34. The van der Waals surface area contributed by atoms with Gasteiger partial charge in [0.05, 0.1) is 12.7 Å². The van der Waals surface area contributed by atoms with E-state index in [1.165, 1.54) is 0 Å². The Labute approximate surface area is 156 Å². The molecule has 2 aromatic rings. The summed E-state index contributed by atoms with van der Waals surface area (Å²) in [6.45, 7) is 1.20. The zero-order valence-corrected chi connectivity index (χ0v) is 15.2. The third kappa shape index (κ3) is 3.05. The maximum atomic E-state index is 12.8. The van der Waals surface area contributed by atoms with Gasteiger partial charge in [0, 0.05) is 25.4 Å². The molecule has 27 heavy (non-hydrogen) atoms. The van der Waals surface area contributed by atoms with Gasteiger partial charge in [-0.15, -0.1) is 10.2 Å². The van der Waals surface area contributed by atoms with E-state index < -0.39 is 12.0 Å². The van der Waals surface area contributed by atoms with E-state index >= 15 is 0 Å². The molecule has 1 aromatic carbocycles. The number of rotatable bonds is 4. The number of para-hydroxylation sites is 1. The van der Waals surface area contributed by atoms with Gasteiger partial charge in [-0.3, -0.25) is 4.79 Å². The van der Waals surface area contributed by atoms with E-state index in [1.54, 1.807) is 23.8 Å². The predicted octanol–water partition coefficient (Wildman–Crippen LogP) is 1.88. The topological polar surface area (TPSA) is 97.5 Å². The van der Waals surface area contributed by atoms with Gasteiger partial charge in [-0.05, 0) is 31.4 Å². The summed E-state index contributed by atoms with van der Waals surface area (Å²) in [6.07, 6.45) is 2.70. The fraction of sp³-hybridized carbons (Fsp3) is 0.474. The van der Waals surface area contributed by atoms with Gasteiger partial charge in [0.2, 0.25) is 0 Å². The lowest BCUT2D eigenvalue weighted by Crippen LogP contribution is -2.38. The summed E-state index contributed by atoms with van der Waals surface area (Å²) in [6, 6.07) is 6.65. The first-order valence-corrected chi connectivity index (χ1v) is 9.19. The van der Waals surface area contributed by atoms with E-state index in [4.69, 9.17) is 4.74 Å². The van der Waals surface area contributed by atoms with Crippen molar-refractivity contribution in [2.75, 3.05) is 20.2 Å². The van der Waals surface area contributed by atoms with Crippen molar-refractivity contribution in [2.45, 2.75) is 37.6 Å². The maximum Gasteiger partial charge on any atom is 0.326 e. The number of likely N-dealkylation sites (tertiary alicyclic amines) is 1. The van der Waals surface area contributed by atoms with Crippen LogP contribution in [0.3, 0.4) is 0 Å². The molecule has 142 valence electrons. The number of fused-ring (bicyclic) bond motifs is 1. The van der Waals surface area contributed by atoms with Crippen LogP contribution < -0.4 is 4.74 Å². The number of carbonyl (C=O) groups is 2. The van der Waals surface area contributed by atoms with Crippen molar-refractivity contribution in [3.63, 3.8) is 0 Å². The van der Waals surface area contributed by atoms with Crippen molar-refractivity contribution in [2.24, 2.45) is 0 Å². The minimum absolute atomic E-state index is 0.0409. The molecular weight excluding hydrogens is 348 g/mol. The van der Waals surface area contributed by atoms with E-state index in [2.05, 4.69) is 10.2 Å². The van der Waals surface area contributed by atoms with E-state index in [-0.39, 0.29) is 11.8 Å². The lowest BCUT2D eigenvalue weighted by atomic mass is 9.95. The van der Waals surface area contributed by atoms with Gasteiger partial charge in [0.15, 0.2) is 0 Å². The highest BCUT2D eigenvalue weighted by atomic mass is 16.5.